The van der Waals surface area contributed by atoms with Gasteiger partial charge in [0.1, 0.15) is 0 Å². The molecule has 1 aliphatic carbocycles. The van der Waals surface area contributed by atoms with Crippen molar-refractivity contribution in [1.82, 2.24) is 4.90 Å². The Balaban J connectivity index is 0.000000625. The van der Waals surface area contributed by atoms with Crippen molar-refractivity contribution >= 4 is 17.4 Å². The second-order valence-corrected chi connectivity index (χ2v) is 8.81. The number of rotatable bonds is 11. The summed E-state index contributed by atoms with van der Waals surface area (Å²) in [6.45, 7) is 5.16. The van der Waals surface area contributed by atoms with E-state index in [0.29, 0.717) is 18.4 Å². The summed E-state index contributed by atoms with van der Waals surface area (Å²) < 4.78 is 38.5. The van der Waals surface area contributed by atoms with Crippen molar-refractivity contribution in [3.8, 4) is 0 Å². The van der Waals surface area contributed by atoms with E-state index in [2.05, 4.69) is 13.5 Å². The van der Waals surface area contributed by atoms with Crippen LogP contribution in [0.4, 0.5) is 13.2 Å². The van der Waals surface area contributed by atoms with Crippen LogP contribution in [0.3, 0.4) is 0 Å². The van der Waals surface area contributed by atoms with Crippen LogP contribution >= 0.6 is 0 Å². The Kier molecular flexibility index (Phi) is 11.0. The van der Waals surface area contributed by atoms with E-state index in [-0.39, 0.29) is 29.5 Å². The predicted molar refractivity (Wildman–Crippen MR) is 134 cm³/mol. The van der Waals surface area contributed by atoms with Crippen LogP contribution in [-0.4, -0.2) is 35.0 Å². The maximum atomic E-state index is 13.2. The number of alkyl halides is 3. The molecule has 3 rings (SSSR count). The molecule has 4 nitrogen and oxygen atoms in total. The Labute approximate surface area is 206 Å². The van der Waals surface area contributed by atoms with Crippen LogP contribution in [0, 0.1) is 0 Å². The molecule has 0 heterocycles. The average Bonchev–Trinajstić information content (AvgIpc) is 3.67. The molecule has 190 valence electrons. The Bertz CT molecular complexity index is 912. The first kappa shape index (κ1) is 28.1. The molecule has 0 saturated heterocycles. The van der Waals surface area contributed by atoms with Gasteiger partial charge >= 0.3 is 6.18 Å². The summed E-state index contributed by atoms with van der Waals surface area (Å²) in [6, 6.07) is 17.7. The molecular formula is C28H35F3N2O2. The van der Waals surface area contributed by atoms with Crippen LogP contribution in [0.2, 0.25) is 0 Å². The summed E-state index contributed by atoms with van der Waals surface area (Å²) in [4.78, 5) is 26.0. The Morgan fingerprint density at radius 3 is 1.91 bits per heavy atom. The van der Waals surface area contributed by atoms with E-state index in [9.17, 15) is 22.8 Å². The number of hydrogen-bond donors (Lipinski definition) is 1. The van der Waals surface area contributed by atoms with Gasteiger partial charge in [-0.1, -0.05) is 74.9 Å². The van der Waals surface area contributed by atoms with E-state index >= 15 is 0 Å². The van der Waals surface area contributed by atoms with Crippen LogP contribution < -0.4 is 5.73 Å². The van der Waals surface area contributed by atoms with Gasteiger partial charge in [-0.05, 0) is 49.8 Å². The number of primary amides is 1. The van der Waals surface area contributed by atoms with Crippen LogP contribution in [-0.2, 0) is 4.79 Å². The summed E-state index contributed by atoms with van der Waals surface area (Å²) in [7, 11) is 0. The molecule has 1 atom stereocenters. The standard InChI is InChI=1S/C22H29F3N2O2.C6H6/c1-3-6-18(7-4-5-8-20(26)28)27(19-13-14-19)21(29)17-11-9-16(10-12-17)15(2)22(23,24)25;1-2-4-6-5-3-1/h9-12,18-19H,2-8,13-14H2,1H3,(H2,26,28);1-6H. The molecule has 1 fully saturated rings. The number of unbranched alkanes of at least 4 members (excludes halogenated alkanes) is 1. The van der Waals surface area contributed by atoms with Gasteiger partial charge in [0, 0.05) is 24.1 Å². The molecule has 2 aromatic carbocycles. The number of allylic oxidation sites excluding steroid dienone is 1. The lowest BCUT2D eigenvalue weighted by molar-refractivity contribution is -0.118. The van der Waals surface area contributed by atoms with E-state index in [1.165, 1.54) is 24.3 Å². The fraction of sp³-hybridized carbons (Fsp3) is 0.429. The van der Waals surface area contributed by atoms with E-state index in [1.54, 1.807) is 0 Å². The lowest BCUT2D eigenvalue weighted by Crippen LogP contribution is -2.42. The van der Waals surface area contributed by atoms with Gasteiger partial charge in [0.25, 0.3) is 5.91 Å². The maximum Gasteiger partial charge on any atom is 0.416 e. The number of halogens is 3. The minimum absolute atomic E-state index is 0.0384. The van der Waals surface area contributed by atoms with Crippen LogP contribution in [0.5, 0.6) is 0 Å². The highest BCUT2D eigenvalue weighted by Crippen LogP contribution is 2.35. The summed E-state index contributed by atoms with van der Waals surface area (Å²) in [5.74, 6) is -0.474. The maximum absolute atomic E-state index is 13.2. The molecule has 0 spiro atoms. The number of nitrogens with two attached hydrogens (primary N) is 1. The number of nitrogens with zero attached hydrogens (tertiary/aromatic N) is 1. The van der Waals surface area contributed by atoms with Crippen molar-refractivity contribution in [2.75, 3.05) is 0 Å². The monoisotopic (exact) mass is 488 g/mol. The predicted octanol–water partition coefficient (Wildman–Crippen LogP) is 6.77. The number of carbonyl (C=O) groups excluding carboxylic acids is 2. The van der Waals surface area contributed by atoms with E-state index in [0.717, 1.165) is 38.5 Å². The number of benzene rings is 2. The lowest BCUT2D eigenvalue weighted by Gasteiger charge is -2.32. The second-order valence-electron chi connectivity index (χ2n) is 8.81. The fourth-order valence-electron chi connectivity index (χ4n) is 3.93. The molecule has 2 amide bonds. The third-order valence-corrected chi connectivity index (χ3v) is 5.89. The van der Waals surface area contributed by atoms with Gasteiger partial charge in [-0.3, -0.25) is 9.59 Å². The van der Waals surface area contributed by atoms with Gasteiger partial charge in [-0.15, -0.1) is 0 Å². The van der Waals surface area contributed by atoms with Crippen molar-refractivity contribution in [2.45, 2.75) is 76.6 Å². The molecule has 0 radical (unpaired) electrons. The Hall–Kier alpha value is -3.09. The highest BCUT2D eigenvalue weighted by molar-refractivity contribution is 5.95. The topological polar surface area (TPSA) is 63.4 Å². The minimum Gasteiger partial charge on any atom is -0.370 e. The Morgan fingerprint density at radius 2 is 1.49 bits per heavy atom. The summed E-state index contributed by atoms with van der Waals surface area (Å²) in [5.41, 5.74) is 4.61. The molecule has 2 aromatic rings. The molecule has 1 unspecified atom stereocenters. The SMILES string of the molecule is C=C(c1ccc(C(=O)N(C(CCC)CCCCC(N)=O)C2CC2)cc1)C(F)(F)F.c1ccccc1. The lowest BCUT2D eigenvalue weighted by atomic mass is 9.99. The number of amides is 2. The minimum atomic E-state index is -4.50. The molecule has 1 aliphatic rings. The quantitative estimate of drug-likeness (QED) is 0.355. The van der Waals surface area contributed by atoms with Crippen molar-refractivity contribution in [3.63, 3.8) is 0 Å². The molecule has 0 aromatic heterocycles. The van der Waals surface area contributed by atoms with Crippen molar-refractivity contribution in [3.05, 3.63) is 78.4 Å². The normalized spacial score (nSPS) is 13.8. The highest BCUT2D eigenvalue weighted by Gasteiger charge is 2.37. The zero-order chi connectivity index (χ0) is 25.8. The molecular weight excluding hydrogens is 453 g/mol. The molecule has 7 heteroatoms. The first-order valence-electron chi connectivity index (χ1n) is 12.1. The molecule has 2 N–H and O–H groups in total. The van der Waals surface area contributed by atoms with Gasteiger partial charge < -0.3 is 10.6 Å². The first-order valence-corrected chi connectivity index (χ1v) is 12.1. The van der Waals surface area contributed by atoms with Crippen LogP contribution in [0.15, 0.2) is 67.2 Å². The van der Waals surface area contributed by atoms with Gasteiger partial charge in [0.05, 0.1) is 5.57 Å². The van der Waals surface area contributed by atoms with Crippen molar-refractivity contribution < 1.29 is 22.8 Å². The smallest absolute Gasteiger partial charge is 0.370 e. The molecule has 35 heavy (non-hydrogen) atoms. The van der Waals surface area contributed by atoms with Gasteiger partial charge in [-0.25, -0.2) is 0 Å². The third-order valence-electron chi connectivity index (χ3n) is 5.89. The second kappa shape index (κ2) is 13.7. The van der Waals surface area contributed by atoms with E-state index < -0.39 is 11.7 Å². The molecule has 0 aliphatic heterocycles. The molecule has 1 saturated carbocycles. The van der Waals surface area contributed by atoms with Gasteiger partial charge in [0.15, 0.2) is 0 Å². The summed E-state index contributed by atoms with van der Waals surface area (Å²) in [6.07, 6.45) is 1.76. The fourth-order valence-corrected chi connectivity index (χ4v) is 3.93. The van der Waals surface area contributed by atoms with Gasteiger partial charge in [0.2, 0.25) is 5.91 Å². The van der Waals surface area contributed by atoms with E-state index in [4.69, 9.17) is 5.73 Å². The van der Waals surface area contributed by atoms with E-state index in [1.807, 2.05) is 41.3 Å². The Morgan fingerprint density at radius 1 is 0.971 bits per heavy atom. The van der Waals surface area contributed by atoms with Crippen LogP contribution in [0.1, 0.15) is 74.2 Å². The van der Waals surface area contributed by atoms with Crippen molar-refractivity contribution in [1.29, 1.82) is 0 Å². The third kappa shape index (κ3) is 9.59. The zero-order valence-electron chi connectivity index (χ0n) is 20.3. The zero-order valence-corrected chi connectivity index (χ0v) is 20.3. The summed E-state index contributed by atoms with van der Waals surface area (Å²) in [5, 5.41) is 0. The molecule has 0 bridgehead atoms. The largest absolute Gasteiger partial charge is 0.416 e. The van der Waals surface area contributed by atoms with Gasteiger partial charge in [-0.2, -0.15) is 13.2 Å². The summed E-state index contributed by atoms with van der Waals surface area (Å²) >= 11 is 0. The number of carbonyl (C=O) groups is 2. The van der Waals surface area contributed by atoms with Crippen LogP contribution in [0.25, 0.3) is 5.57 Å². The average molecular weight is 489 g/mol. The first-order chi connectivity index (χ1) is 16.6. The van der Waals surface area contributed by atoms with Crippen molar-refractivity contribution in [2.24, 2.45) is 5.73 Å². The highest BCUT2D eigenvalue weighted by atomic mass is 19.4. The number of hydrogen-bond acceptors (Lipinski definition) is 2.